The molecular formula is C15H24BrNO4. The average Bonchev–Trinajstić information content (AvgIpc) is 2.44. The van der Waals surface area contributed by atoms with Crippen molar-refractivity contribution in [2.24, 2.45) is 5.73 Å². The molecule has 0 aliphatic carbocycles. The Bertz CT molecular complexity index is 428. The van der Waals surface area contributed by atoms with Gasteiger partial charge < -0.3 is 25.1 Å². The van der Waals surface area contributed by atoms with Gasteiger partial charge in [0.25, 0.3) is 0 Å². The van der Waals surface area contributed by atoms with E-state index in [2.05, 4.69) is 15.9 Å². The van der Waals surface area contributed by atoms with E-state index in [4.69, 9.17) is 19.9 Å². The van der Waals surface area contributed by atoms with E-state index in [1.54, 1.807) is 7.11 Å². The number of nitrogens with two attached hydrogens (primary N) is 1. The molecule has 0 bridgehead atoms. The summed E-state index contributed by atoms with van der Waals surface area (Å²) in [4.78, 5) is 0. The monoisotopic (exact) mass is 361 g/mol. The third-order valence-electron chi connectivity index (χ3n) is 2.87. The lowest BCUT2D eigenvalue weighted by molar-refractivity contribution is -0.0423. The molecule has 120 valence electrons. The Labute approximate surface area is 134 Å². The molecule has 0 amide bonds. The quantitative estimate of drug-likeness (QED) is 0.705. The molecule has 0 heterocycles. The molecule has 21 heavy (non-hydrogen) atoms. The Morgan fingerprint density at radius 2 is 1.95 bits per heavy atom. The van der Waals surface area contributed by atoms with Crippen molar-refractivity contribution in [2.75, 3.05) is 26.9 Å². The lowest BCUT2D eigenvalue weighted by Crippen LogP contribution is -2.27. The minimum absolute atomic E-state index is 0.0584. The van der Waals surface area contributed by atoms with Gasteiger partial charge in [0.1, 0.15) is 18.5 Å². The molecule has 0 aliphatic rings. The highest BCUT2D eigenvalue weighted by Crippen LogP contribution is 2.27. The van der Waals surface area contributed by atoms with Crippen LogP contribution in [0.4, 0.5) is 0 Å². The summed E-state index contributed by atoms with van der Waals surface area (Å²) < 4.78 is 17.0. The zero-order valence-electron chi connectivity index (χ0n) is 12.7. The first-order chi connectivity index (χ1) is 9.93. The van der Waals surface area contributed by atoms with Crippen molar-refractivity contribution in [3.05, 3.63) is 28.2 Å². The third kappa shape index (κ3) is 6.76. The van der Waals surface area contributed by atoms with Crippen LogP contribution in [0.3, 0.4) is 0 Å². The van der Waals surface area contributed by atoms with Gasteiger partial charge in [0.05, 0.1) is 19.3 Å². The fourth-order valence-corrected chi connectivity index (χ4v) is 2.18. The summed E-state index contributed by atoms with van der Waals surface area (Å²) in [6.07, 6.45) is -0.758. The molecule has 3 unspecified atom stereocenters. The van der Waals surface area contributed by atoms with Gasteiger partial charge in [0, 0.05) is 23.2 Å². The summed E-state index contributed by atoms with van der Waals surface area (Å²) in [6.45, 7) is 4.63. The molecule has 0 aromatic heterocycles. The predicted octanol–water partition coefficient (Wildman–Crippen LogP) is 2.26. The largest absolute Gasteiger partial charge is 0.490 e. The second-order valence-electron chi connectivity index (χ2n) is 5.03. The van der Waals surface area contributed by atoms with Gasteiger partial charge in [-0.25, -0.2) is 0 Å². The van der Waals surface area contributed by atoms with Gasteiger partial charge in [-0.05, 0) is 32.0 Å². The number of hydrogen-bond donors (Lipinski definition) is 2. The van der Waals surface area contributed by atoms with Crippen LogP contribution in [-0.4, -0.2) is 44.2 Å². The zero-order chi connectivity index (χ0) is 15.8. The standard InChI is InChI=1S/C15H24BrNO4/c1-10(7-19-3)20-8-13(18)9-21-15-5-4-12(16)6-14(15)11(2)17/h4-6,10-11,13,18H,7-9,17H2,1-3H3. The van der Waals surface area contributed by atoms with Crippen molar-refractivity contribution in [2.45, 2.75) is 32.1 Å². The van der Waals surface area contributed by atoms with Crippen LogP contribution in [0.25, 0.3) is 0 Å². The minimum atomic E-state index is -0.700. The van der Waals surface area contributed by atoms with E-state index in [0.717, 1.165) is 10.0 Å². The number of aliphatic hydroxyl groups is 1. The van der Waals surface area contributed by atoms with Crippen molar-refractivity contribution in [1.82, 2.24) is 0 Å². The van der Waals surface area contributed by atoms with Gasteiger partial charge in [-0.15, -0.1) is 0 Å². The summed E-state index contributed by atoms with van der Waals surface area (Å²) >= 11 is 3.41. The highest BCUT2D eigenvalue weighted by Gasteiger charge is 2.12. The molecule has 6 heteroatoms. The molecule has 0 fully saturated rings. The van der Waals surface area contributed by atoms with E-state index < -0.39 is 6.10 Å². The van der Waals surface area contributed by atoms with Gasteiger partial charge in [0.15, 0.2) is 0 Å². The number of ether oxygens (including phenoxy) is 3. The van der Waals surface area contributed by atoms with Crippen molar-refractivity contribution in [1.29, 1.82) is 0 Å². The first-order valence-corrected chi connectivity index (χ1v) is 7.69. The summed E-state index contributed by atoms with van der Waals surface area (Å²) in [5, 5.41) is 9.88. The second-order valence-corrected chi connectivity index (χ2v) is 5.95. The van der Waals surface area contributed by atoms with Gasteiger partial charge in [-0.3, -0.25) is 0 Å². The Hall–Kier alpha value is -0.660. The molecule has 5 nitrogen and oxygen atoms in total. The normalized spacial score (nSPS) is 15.5. The van der Waals surface area contributed by atoms with Crippen molar-refractivity contribution < 1.29 is 19.3 Å². The summed E-state index contributed by atoms with van der Waals surface area (Å²) in [6, 6.07) is 5.49. The van der Waals surface area contributed by atoms with Gasteiger partial charge in [-0.2, -0.15) is 0 Å². The number of halogens is 1. The van der Waals surface area contributed by atoms with E-state index in [1.165, 1.54) is 0 Å². The molecule has 0 saturated heterocycles. The van der Waals surface area contributed by atoms with Gasteiger partial charge in [0.2, 0.25) is 0 Å². The number of aliphatic hydroxyl groups excluding tert-OH is 1. The maximum Gasteiger partial charge on any atom is 0.124 e. The van der Waals surface area contributed by atoms with Crippen molar-refractivity contribution in [3.63, 3.8) is 0 Å². The SMILES string of the molecule is COCC(C)OCC(O)COc1ccc(Br)cc1C(C)N. The van der Waals surface area contributed by atoms with Crippen LogP contribution in [-0.2, 0) is 9.47 Å². The fourth-order valence-electron chi connectivity index (χ4n) is 1.80. The van der Waals surface area contributed by atoms with Crippen LogP contribution in [0, 0.1) is 0 Å². The Morgan fingerprint density at radius 1 is 1.24 bits per heavy atom. The van der Waals surface area contributed by atoms with E-state index in [0.29, 0.717) is 12.4 Å². The topological polar surface area (TPSA) is 73.9 Å². The third-order valence-corrected chi connectivity index (χ3v) is 3.36. The van der Waals surface area contributed by atoms with E-state index >= 15 is 0 Å². The van der Waals surface area contributed by atoms with Gasteiger partial charge in [-0.1, -0.05) is 15.9 Å². The van der Waals surface area contributed by atoms with E-state index in [-0.39, 0.29) is 25.4 Å². The summed E-state index contributed by atoms with van der Waals surface area (Å²) in [5.74, 6) is 0.678. The fraction of sp³-hybridized carbons (Fsp3) is 0.600. The van der Waals surface area contributed by atoms with E-state index in [1.807, 2.05) is 32.0 Å². The lowest BCUT2D eigenvalue weighted by Gasteiger charge is -2.18. The molecule has 0 saturated carbocycles. The highest BCUT2D eigenvalue weighted by molar-refractivity contribution is 9.10. The average molecular weight is 362 g/mol. The zero-order valence-corrected chi connectivity index (χ0v) is 14.3. The summed E-state index contributed by atoms with van der Waals surface area (Å²) in [5.41, 5.74) is 6.81. The van der Waals surface area contributed by atoms with Crippen LogP contribution in [0.2, 0.25) is 0 Å². The van der Waals surface area contributed by atoms with Crippen LogP contribution in [0.5, 0.6) is 5.75 Å². The molecule has 3 N–H and O–H groups in total. The first-order valence-electron chi connectivity index (χ1n) is 6.90. The smallest absolute Gasteiger partial charge is 0.124 e. The van der Waals surface area contributed by atoms with E-state index in [9.17, 15) is 5.11 Å². The molecule has 1 aromatic carbocycles. The molecule has 0 aliphatic heterocycles. The van der Waals surface area contributed by atoms with Crippen molar-refractivity contribution >= 4 is 15.9 Å². The highest BCUT2D eigenvalue weighted by atomic mass is 79.9. The molecule has 1 rings (SSSR count). The van der Waals surface area contributed by atoms with Crippen LogP contribution < -0.4 is 10.5 Å². The minimum Gasteiger partial charge on any atom is -0.490 e. The number of methoxy groups -OCH3 is 1. The summed E-state index contributed by atoms with van der Waals surface area (Å²) in [7, 11) is 1.61. The lowest BCUT2D eigenvalue weighted by atomic mass is 10.1. The molecule has 0 spiro atoms. The van der Waals surface area contributed by atoms with Crippen LogP contribution in [0.15, 0.2) is 22.7 Å². The predicted molar refractivity (Wildman–Crippen MR) is 85.5 cm³/mol. The second kappa shape index (κ2) is 9.38. The maximum atomic E-state index is 9.88. The first kappa shape index (κ1) is 18.4. The Morgan fingerprint density at radius 3 is 2.57 bits per heavy atom. The van der Waals surface area contributed by atoms with Crippen molar-refractivity contribution in [3.8, 4) is 5.75 Å². The molecule has 1 aromatic rings. The van der Waals surface area contributed by atoms with Gasteiger partial charge >= 0.3 is 0 Å². The Kier molecular flexibility index (Phi) is 8.21. The number of hydrogen-bond acceptors (Lipinski definition) is 5. The Balaban J connectivity index is 2.47. The number of rotatable bonds is 9. The molecule has 3 atom stereocenters. The molecule has 0 radical (unpaired) electrons. The molecular weight excluding hydrogens is 338 g/mol. The number of benzene rings is 1. The van der Waals surface area contributed by atoms with Crippen LogP contribution in [0.1, 0.15) is 25.5 Å². The van der Waals surface area contributed by atoms with Crippen LogP contribution >= 0.6 is 15.9 Å². The maximum absolute atomic E-state index is 9.88.